The van der Waals surface area contributed by atoms with Crippen LogP contribution in [0.25, 0.3) is 0 Å². The molecule has 5 nitrogen and oxygen atoms in total. The molecule has 0 aliphatic heterocycles. The third-order valence-corrected chi connectivity index (χ3v) is 13.8. The number of hydrogen-bond donors (Lipinski definition) is 2. The summed E-state index contributed by atoms with van der Waals surface area (Å²) in [6.07, 6.45) is 39.7. The molecule has 0 aromatic rings. The van der Waals surface area contributed by atoms with Crippen LogP contribution in [0.2, 0.25) is 0 Å². The molecule has 5 unspecified atom stereocenters. The molecule has 0 aromatic carbocycles. The highest BCUT2D eigenvalue weighted by molar-refractivity contribution is 5.76. The molecule has 4 aliphatic rings. The number of rotatable bonds is 18. The van der Waals surface area contributed by atoms with Crippen LogP contribution in [0, 0.1) is 46.3 Å². The average molecular weight is 690 g/mol. The van der Waals surface area contributed by atoms with Gasteiger partial charge in [0.25, 0.3) is 0 Å². The zero-order chi connectivity index (χ0) is 36.0. The SMILES string of the molecule is CC/C=C\C/C=C\C/C=C\C/C=C\C/C=C\CCCC(=O)N[C@@H]1CC[C@@]2(C)C(C1)C[C@H](O)C1C2CC[C@@]2(C)C1CCC2[C@H](C)CCC(=O)OC. The van der Waals surface area contributed by atoms with Crippen molar-refractivity contribution in [3.63, 3.8) is 0 Å². The van der Waals surface area contributed by atoms with Gasteiger partial charge in [0.1, 0.15) is 0 Å². The van der Waals surface area contributed by atoms with E-state index in [1.54, 1.807) is 0 Å². The summed E-state index contributed by atoms with van der Waals surface area (Å²) in [5.41, 5.74) is 0.498. The maximum atomic E-state index is 12.9. The Morgan fingerprint density at radius 3 is 2.04 bits per heavy atom. The van der Waals surface area contributed by atoms with Gasteiger partial charge in [-0.15, -0.1) is 0 Å². The topological polar surface area (TPSA) is 75.6 Å². The lowest BCUT2D eigenvalue weighted by Crippen LogP contribution is -2.59. The number of ether oxygens (including phenoxy) is 1. The lowest BCUT2D eigenvalue weighted by Gasteiger charge is -2.62. The van der Waals surface area contributed by atoms with Gasteiger partial charge < -0.3 is 15.2 Å². The van der Waals surface area contributed by atoms with Gasteiger partial charge in [-0.2, -0.15) is 0 Å². The van der Waals surface area contributed by atoms with E-state index < -0.39 is 0 Å². The number of carbonyl (C=O) groups is 2. The van der Waals surface area contributed by atoms with Crippen molar-refractivity contribution in [2.45, 2.75) is 155 Å². The highest BCUT2D eigenvalue weighted by atomic mass is 16.5. The second-order valence-corrected chi connectivity index (χ2v) is 16.8. The third kappa shape index (κ3) is 10.6. The number of nitrogens with one attached hydrogen (secondary N) is 1. The maximum Gasteiger partial charge on any atom is 0.305 e. The predicted molar refractivity (Wildman–Crippen MR) is 207 cm³/mol. The van der Waals surface area contributed by atoms with Gasteiger partial charge in [-0.1, -0.05) is 88.5 Å². The van der Waals surface area contributed by atoms with Crippen LogP contribution in [0.15, 0.2) is 60.8 Å². The van der Waals surface area contributed by atoms with Crippen molar-refractivity contribution in [2.75, 3.05) is 7.11 Å². The van der Waals surface area contributed by atoms with Gasteiger partial charge in [-0.3, -0.25) is 9.59 Å². The van der Waals surface area contributed by atoms with E-state index in [2.05, 4.69) is 93.8 Å². The van der Waals surface area contributed by atoms with Crippen molar-refractivity contribution in [2.24, 2.45) is 46.3 Å². The first kappa shape index (κ1) is 40.4. The molecule has 10 atom stereocenters. The lowest BCUT2D eigenvalue weighted by molar-refractivity contribution is -0.167. The Kier molecular flexibility index (Phi) is 16.2. The van der Waals surface area contributed by atoms with Gasteiger partial charge in [-0.05, 0) is 149 Å². The number of hydrogen-bond acceptors (Lipinski definition) is 4. The van der Waals surface area contributed by atoms with Gasteiger partial charge in [0.05, 0.1) is 13.2 Å². The van der Waals surface area contributed by atoms with Crippen molar-refractivity contribution in [3.05, 3.63) is 60.8 Å². The van der Waals surface area contributed by atoms with E-state index in [-0.39, 0.29) is 34.9 Å². The number of fused-ring (bicyclic) bond motifs is 5. The Labute approximate surface area is 305 Å². The molecule has 0 aromatic heterocycles. The molecule has 4 fully saturated rings. The molecule has 4 aliphatic carbocycles. The monoisotopic (exact) mass is 690 g/mol. The van der Waals surface area contributed by atoms with Crippen LogP contribution in [0.4, 0.5) is 0 Å². The summed E-state index contributed by atoms with van der Waals surface area (Å²) >= 11 is 0. The van der Waals surface area contributed by atoms with Crippen molar-refractivity contribution in [1.29, 1.82) is 0 Å². The number of carbonyl (C=O) groups excluding carboxylic acids is 2. The fourth-order valence-corrected chi connectivity index (χ4v) is 11.0. The van der Waals surface area contributed by atoms with Crippen LogP contribution >= 0.6 is 0 Å². The lowest BCUT2D eigenvalue weighted by atomic mass is 9.43. The number of methoxy groups -OCH3 is 1. The smallest absolute Gasteiger partial charge is 0.305 e. The number of allylic oxidation sites excluding steroid dienone is 10. The standard InChI is InChI=1S/C45H71NO4/c1-6-7-8-9-10-11-12-13-14-15-16-17-18-19-20-21-22-23-41(48)46-36-28-30-44(3)35(32-36)33-40(47)43-38-26-25-37(34(2)24-27-42(49)50-5)45(38,4)31-29-39(43)44/h7-8,10-11,13-14,16-17,19-20,34-40,43,47H,6,9,12,15,18,21-33H2,1-5H3,(H,46,48)/b8-7-,11-10-,14-13-,17-16-,20-19-/t34-,35?,36-,37?,38?,39?,40+,43?,44+,45-/m1/s1. The first-order valence-electron chi connectivity index (χ1n) is 20.4. The summed E-state index contributed by atoms with van der Waals surface area (Å²) in [7, 11) is 1.48. The molecular weight excluding hydrogens is 618 g/mol. The van der Waals surface area contributed by atoms with Gasteiger partial charge in [-0.25, -0.2) is 0 Å². The van der Waals surface area contributed by atoms with Gasteiger partial charge in [0.15, 0.2) is 0 Å². The summed E-state index contributed by atoms with van der Waals surface area (Å²) in [5, 5.41) is 15.2. The average Bonchev–Trinajstić information content (AvgIpc) is 3.46. The van der Waals surface area contributed by atoms with Crippen molar-refractivity contribution in [3.8, 4) is 0 Å². The minimum atomic E-state index is -0.246. The van der Waals surface area contributed by atoms with Crippen molar-refractivity contribution in [1.82, 2.24) is 5.32 Å². The third-order valence-electron chi connectivity index (χ3n) is 13.8. The first-order chi connectivity index (χ1) is 24.1. The second-order valence-electron chi connectivity index (χ2n) is 16.8. The predicted octanol–water partition coefficient (Wildman–Crippen LogP) is 10.6. The minimum absolute atomic E-state index is 0.102. The van der Waals surface area contributed by atoms with Crippen LogP contribution < -0.4 is 5.32 Å². The maximum absolute atomic E-state index is 12.9. The Hall–Kier alpha value is -2.40. The fourth-order valence-electron chi connectivity index (χ4n) is 11.0. The molecule has 4 saturated carbocycles. The van der Waals surface area contributed by atoms with Crippen LogP contribution in [-0.2, 0) is 14.3 Å². The molecule has 5 heteroatoms. The van der Waals surface area contributed by atoms with E-state index in [9.17, 15) is 14.7 Å². The van der Waals surface area contributed by atoms with Gasteiger partial charge >= 0.3 is 5.97 Å². The largest absolute Gasteiger partial charge is 0.469 e. The number of esters is 1. The van der Waals surface area contributed by atoms with E-state index in [4.69, 9.17) is 4.74 Å². The Morgan fingerprint density at radius 2 is 1.40 bits per heavy atom. The first-order valence-corrected chi connectivity index (χ1v) is 20.4. The van der Waals surface area contributed by atoms with Crippen molar-refractivity contribution >= 4 is 11.9 Å². The minimum Gasteiger partial charge on any atom is -0.469 e. The van der Waals surface area contributed by atoms with E-state index in [0.717, 1.165) is 77.0 Å². The van der Waals surface area contributed by atoms with Gasteiger partial charge in [0.2, 0.25) is 5.91 Å². The zero-order valence-electron chi connectivity index (χ0n) is 32.3. The Morgan fingerprint density at radius 1 is 0.800 bits per heavy atom. The summed E-state index contributed by atoms with van der Waals surface area (Å²) in [4.78, 5) is 24.8. The van der Waals surface area contributed by atoms with Crippen LogP contribution in [0.3, 0.4) is 0 Å². The Balaban J connectivity index is 1.14. The second kappa shape index (κ2) is 20.0. The Bertz CT molecular complexity index is 1220. The molecule has 50 heavy (non-hydrogen) atoms. The number of unbranched alkanes of at least 4 members (excludes halogenated alkanes) is 1. The van der Waals surface area contributed by atoms with Crippen LogP contribution in [0.5, 0.6) is 0 Å². The quantitative estimate of drug-likeness (QED) is 0.0853. The van der Waals surface area contributed by atoms with E-state index in [1.165, 1.54) is 32.8 Å². The molecule has 0 bridgehead atoms. The molecule has 1 amide bonds. The molecule has 2 N–H and O–H groups in total. The highest BCUT2D eigenvalue weighted by Crippen LogP contribution is 2.68. The van der Waals surface area contributed by atoms with Crippen LogP contribution in [-0.4, -0.2) is 36.2 Å². The zero-order valence-corrected chi connectivity index (χ0v) is 32.3. The van der Waals surface area contributed by atoms with Gasteiger partial charge in [0, 0.05) is 18.9 Å². The normalized spacial score (nSPS) is 34.8. The summed E-state index contributed by atoms with van der Waals surface area (Å²) in [6.45, 7) is 9.53. The summed E-state index contributed by atoms with van der Waals surface area (Å²) in [6, 6.07) is 0.235. The molecule has 4 rings (SSSR count). The molecule has 0 spiro atoms. The molecule has 280 valence electrons. The number of aliphatic hydroxyl groups excluding tert-OH is 1. The fraction of sp³-hybridized carbons (Fsp3) is 0.733. The molecule has 0 radical (unpaired) electrons. The van der Waals surface area contributed by atoms with Crippen LogP contribution in [0.1, 0.15) is 143 Å². The van der Waals surface area contributed by atoms with Crippen molar-refractivity contribution < 1.29 is 19.4 Å². The highest BCUT2D eigenvalue weighted by Gasteiger charge is 2.62. The van der Waals surface area contributed by atoms with E-state index in [1.807, 2.05) is 0 Å². The van der Waals surface area contributed by atoms with E-state index in [0.29, 0.717) is 48.3 Å². The van der Waals surface area contributed by atoms with E-state index >= 15 is 0 Å². The molecule has 0 heterocycles. The summed E-state index contributed by atoms with van der Waals surface area (Å²) < 4.78 is 4.93. The number of amides is 1. The molecule has 0 saturated heterocycles. The molecular formula is C45H71NO4. The number of aliphatic hydroxyl groups is 1. The summed E-state index contributed by atoms with van der Waals surface area (Å²) in [5.74, 6) is 3.19.